The van der Waals surface area contributed by atoms with Gasteiger partial charge in [-0.05, 0) is 17.2 Å². The van der Waals surface area contributed by atoms with Gasteiger partial charge in [-0.1, -0.05) is 38.5 Å². The Kier molecular flexibility index (Phi) is 4.78. The number of phenolic OH excluding ortho intramolecular Hbond substituents is 4. The van der Waals surface area contributed by atoms with Crippen LogP contribution in [0.1, 0.15) is 11.1 Å². The van der Waals surface area contributed by atoms with Crippen molar-refractivity contribution >= 4 is 22.1 Å². The van der Waals surface area contributed by atoms with E-state index in [1.54, 1.807) is 0 Å². The van der Waals surface area contributed by atoms with Crippen molar-refractivity contribution in [1.29, 1.82) is 0 Å². The van der Waals surface area contributed by atoms with E-state index >= 15 is 0 Å². The van der Waals surface area contributed by atoms with E-state index in [2.05, 4.69) is 26.3 Å². The van der Waals surface area contributed by atoms with E-state index < -0.39 is 11.2 Å². The Labute approximate surface area is 165 Å². The van der Waals surface area contributed by atoms with Crippen LogP contribution < -0.4 is 5.43 Å². The molecule has 2 aromatic carbocycles. The van der Waals surface area contributed by atoms with Gasteiger partial charge in [-0.3, -0.25) is 4.79 Å². The van der Waals surface area contributed by atoms with Gasteiger partial charge in [0.2, 0.25) is 5.43 Å². The van der Waals surface area contributed by atoms with Crippen molar-refractivity contribution in [3.8, 4) is 34.1 Å². The van der Waals surface area contributed by atoms with Gasteiger partial charge < -0.3 is 24.8 Å². The molecule has 146 valence electrons. The number of benzene rings is 2. The molecule has 0 atom stereocenters. The van der Waals surface area contributed by atoms with Crippen molar-refractivity contribution < 1.29 is 24.8 Å². The van der Waals surface area contributed by atoms with Crippen molar-refractivity contribution in [1.82, 2.24) is 0 Å². The number of hydrogen-bond donors (Lipinski definition) is 4. The molecule has 0 spiro atoms. The van der Waals surface area contributed by atoms with Crippen LogP contribution in [-0.4, -0.2) is 20.4 Å². The van der Waals surface area contributed by atoms with Crippen LogP contribution >= 0.6 is 0 Å². The number of fused-ring (bicyclic) bond motifs is 1. The number of hydrogen-bond acceptors (Lipinski definition) is 6. The van der Waals surface area contributed by atoms with E-state index in [4.69, 9.17) is 4.42 Å². The monoisotopic (exact) mass is 390 g/mol. The van der Waals surface area contributed by atoms with E-state index in [0.29, 0.717) is 11.1 Å². The zero-order valence-electron chi connectivity index (χ0n) is 15.4. The summed E-state index contributed by atoms with van der Waals surface area (Å²) in [5.74, 6) is -1.43. The molecule has 0 unspecified atom stereocenters. The molecule has 0 aliphatic heterocycles. The Morgan fingerprint density at radius 2 is 1.45 bits per heavy atom. The van der Waals surface area contributed by atoms with Crippen LogP contribution in [0.4, 0.5) is 0 Å². The fourth-order valence-corrected chi connectivity index (χ4v) is 3.03. The Morgan fingerprint density at radius 1 is 0.828 bits per heavy atom. The Bertz CT molecular complexity index is 1280. The second kappa shape index (κ2) is 7.09. The summed E-state index contributed by atoms with van der Waals surface area (Å²) in [4.78, 5) is 13.1. The molecule has 0 fully saturated rings. The minimum absolute atomic E-state index is 0.0630. The Morgan fingerprint density at radius 3 is 2.07 bits per heavy atom. The summed E-state index contributed by atoms with van der Waals surface area (Å²) in [6.07, 6.45) is 3.88. The topological polar surface area (TPSA) is 111 Å². The summed E-state index contributed by atoms with van der Waals surface area (Å²) in [5, 5.41) is 40.6. The third kappa shape index (κ3) is 3.06. The van der Waals surface area contributed by atoms with Crippen molar-refractivity contribution in [2.45, 2.75) is 0 Å². The third-order valence-corrected chi connectivity index (χ3v) is 4.57. The maximum absolute atomic E-state index is 13.1. The molecule has 29 heavy (non-hydrogen) atoms. The van der Waals surface area contributed by atoms with E-state index in [1.165, 1.54) is 18.2 Å². The van der Waals surface area contributed by atoms with E-state index in [1.807, 2.05) is 0 Å². The van der Waals surface area contributed by atoms with E-state index in [0.717, 1.165) is 18.4 Å². The normalized spacial score (nSPS) is 10.6. The Balaban J connectivity index is 2.40. The molecular formula is C23H18O6. The molecule has 0 aliphatic carbocycles. The van der Waals surface area contributed by atoms with Crippen LogP contribution in [0.25, 0.3) is 33.2 Å². The summed E-state index contributed by atoms with van der Waals surface area (Å²) >= 11 is 0. The molecule has 0 radical (unpaired) electrons. The third-order valence-electron chi connectivity index (χ3n) is 4.57. The van der Waals surface area contributed by atoms with E-state index in [9.17, 15) is 25.2 Å². The smallest absolute Gasteiger partial charge is 0.204 e. The lowest BCUT2D eigenvalue weighted by atomic mass is 9.96. The van der Waals surface area contributed by atoms with Crippen LogP contribution in [0.15, 0.2) is 72.1 Å². The molecule has 0 aliphatic rings. The highest BCUT2D eigenvalue weighted by Gasteiger charge is 2.22. The van der Waals surface area contributed by atoms with Gasteiger partial charge in [0.05, 0.1) is 11.1 Å². The van der Waals surface area contributed by atoms with Gasteiger partial charge in [0.15, 0.2) is 5.58 Å². The van der Waals surface area contributed by atoms with Gasteiger partial charge >= 0.3 is 0 Å². The van der Waals surface area contributed by atoms with E-state index in [-0.39, 0.29) is 50.5 Å². The summed E-state index contributed by atoms with van der Waals surface area (Å²) < 4.78 is 5.56. The van der Waals surface area contributed by atoms with Crippen molar-refractivity contribution in [2.75, 3.05) is 0 Å². The summed E-state index contributed by atoms with van der Waals surface area (Å²) in [5.41, 5.74) is 0.326. The molecule has 0 saturated heterocycles. The molecule has 0 amide bonds. The number of allylic oxidation sites excluding steroid dienone is 4. The van der Waals surface area contributed by atoms with Gasteiger partial charge in [-0.2, -0.15) is 0 Å². The second-order valence-corrected chi connectivity index (χ2v) is 6.32. The quantitative estimate of drug-likeness (QED) is 0.471. The molecule has 4 N–H and O–H groups in total. The summed E-state index contributed by atoms with van der Waals surface area (Å²) in [6.45, 7) is 14.7. The molecule has 3 aromatic rings. The number of rotatable bonds is 5. The molecule has 3 rings (SSSR count). The van der Waals surface area contributed by atoms with Gasteiger partial charge in [0.1, 0.15) is 34.6 Å². The fraction of sp³-hybridized carbons (Fsp3) is 0. The average molecular weight is 390 g/mol. The Hall–Kier alpha value is -4.19. The minimum atomic E-state index is -0.655. The van der Waals surface area contributed by atoms with Gasteiger partial charge in [-0.15, -0.1) is 0 Å². The summed E-state index contributed by atoms with van der Waals surface area (Å²) in [6, 6.07) is 3.45. The van der Waals surface area contributed by atoms with Crippen LogP contribution in [0.3, 0.4) is 0 Å². The van der Waals surface area contributed by atoms with Crippen LogP contribution in [0.2, 0.25) is 0 Å². The lowest BCUT2D eigenvalue weighted by Crippen LogP contribution is -2.06. The van der Waals surface area contributed by atoms with Crippen LogP contribution in [0.5, 0.6) is 23.0 Å². The predicted molar refractivity (Wildman–Crippen MR) is 113 cm³/mol. The minimum Gasteiger partial charge on any atom is -0.507 e. The fourth-order valence-electron chi connectivity index (χ4n) is 3.03. The van der Waals surface area contributed by atoms with Gasteiger partial charge in [0, 0.05) is 23.3 Å². The van der Waals surface area contributed by atoms with Gasteiger partial charge in [-0.25, -0.2) is 0 Å². The zero-order chi connectivity index (χ0) is 21.5. The predicted octanol–water partition coefficient (Wildman–Crippen LogP) is 4.68. The van der Waals surface area contributed by atoms with Crippen molar-refractivity contribution in [3.05, 3.63) is 84.3 Å². The maximum atomic E-state index is 13.1. The molecular weight excluding hydrogens is 372 g/mol. The largest absolute Gasteiger partial charge is 0.507 e. The molecule has 1 heterocycles. The molecule has 1 aromatic heterocycles. The molecule has 0 saturated carbocycles. The highest BCUT2D eigenvalue weighted by atomic mass is 16.3. The second-order valence-electron chi connectivity index (χ2n) is 6.32. The first-order valence-electron chi connectivity index (χ1n) is 8.41. The zero-order valence-corrected chi connectivity index (χ0v) is 15.4. The van der Waals surface area contributed by atoms with Crippen LogP contribution in [0, 0.1) is 0 Å². The standard InChI is InChI=1S/C23H18O6/c1-5-11(3)13-7-14(17(25)8-16(13)24)15-10-29-23-20(12(4)6-2)18(26)9-19(27)21(23)22(15)28/h5-10,24-27H,1-4H2. The van der Waals surface area contributed by atoms with Crippen LogP contribution in [-0.2, 0) is 0 Å². The lowest BCUT2D eigenvalue weighted by molar-refractivity contribution is 0.448. The maximum Gasteiger partial charge on any atom is 0.204 e. The SMILES string of the molecule is C=CC(=C)c1cc(-c2coc3c(C(=C)C=C)c(O)cc(O)c3c2=O)c(O)cc1O. The highest BCUT2D eigenvalue weighted by Crippen LogP contribution is 2.40. The molecule has 6 heteroatoms. The molecule has 0 bridgehead atoms. The number of phenols is 4. The number of aromatic hydroxyl groups is 4. The first kappa shape index (κ1) is 19.6. The first-order chi connectivity index (χ1) is 13.7. The highest BCUT2D eigenvalue weighted by molar-refractivity contribution is 5.99. The van der Waals surface area contributed by atoms with Crippen molar-refractivity contribution in [2.24, 2.45) is 0 Å². The summed E-state index contributed by atoms with van der Waals surface area (Å²) in [7, 11) is 0. The average Bonchev–Trinajstić information content (AvgIpc) is 2.67. The molecule has 6 nitrogen and oxygen atoms in total. The van der Waals surface area contributed by atoms with Crippen molar-refractivity contribution in [3.63, 3.8) is 0 Å². The first-order valence-corrected chi connectivity index (χ1v) is 8.41. The van der Waals surface area contributed by atoms with Gasteiger partial charge in [0.25, 0.3) is 0 Å². The lowest BCUT2D eigenvalue weighted by Gasteiger charge is -2.13.